The summed E-state index contributed by atoms with van der Waals surface area (Å²) in [6.45, 7) is 1.72. The molecule has 7 rings (SSSR count). The van der Waals surface area contributed by atoms with Gasteiger partial charge in [0.05, 0.1) is 57.2 Å². The number of carbonyl (C=O) groups excluding carboxylic acids is 3. The van der Waals surface area contributed by atoms with Crippen LogP contribution in [0.1, 0.15) is 53.3 Å². The van der Waals surface area contributed by atoms with Crippen LogP contribution in [0, 0.1) is 5.92 Å². The molecule has 13 nitrogen and oxygen atoms in total. The minimum Gasteiger partial charge on any atom is -0.393 e. The van der Waals surface area contributed by atoms with Crippen LogP contribution in [0.5, 0.6) is 0 Å². The number of aromatic nitrogens is 2. The van der Waals surface area contributed by atoms with Crippen LogP contribution in [-0.2, 0) is 21.5 Å². The van der Waals surface area contributed by atoms with Crippen LogP contribution in [0.15, 0.2) is 72.0 Å². The minimum absolute atomic E-state index is 0.0310. The lowest BCUT2D eigenvalue weighted by molar-refractivity contribution is -0.121. The average Bonchev–Trinajstić information content (AvgIpc) is 4.02. The maximum absolute atomic E-state index is 13.0. The third-order valence-electron chi connectivity index (χ3n) is 9.94. The number of benzene rings is 2. The van der Waals surface area contributed by atoms with E-state index >= 15 is 0 Å². The van der Waals surface area contributed by atoms with Crippen LogP contribution in [0.4, 0.5) is 11.4 Å². The Morgan fingerprint density at radius 2 is 1.75 bits per heavy atom. The number of nitrogens with zero attached hydrogens (tertiary/aromatic N) is 5. The van der Waals surface area contributed by atoms with Gasteiger partial charge in [-0.05, 0) is 54.8 Å². The number of para-hydroxylation sites is 1. The molecule has 3 heterocycles. The first-order valence-electron chi connectivity index (χ1n) is 17.2. The van der Waals surface area contributed by atoms with E-state index in [-0.39, 0.29) is 47.0 Å². The molecule has 1 saturated heterocycles. The topological polar surface area (TPSA) is 167 Å². The van der Waals surface area contributed by atoms with Crippen LogP contribution in [0.2, 0.25) is 0 Å². The lowest BCUT2D eigenvalue weighted by Gasteiger charge is -2.51. The monoisotopic (exact) mass is 684 g/mol. The van der Waals surface area contributed by atoms with E-state index in [1.54, 1.807) is 32.3 Å². The number of likely N-dealkylation sites (tertiary alicyclic amines) is 1. The van der Waals surface area contributed by atoms with Crippen LogP contribution in [-0.4, -0.2) is 93.3 Å². The van der Waals surface area contributed by atoms with Gasteiger partial charge in [0, 0.05) is 69.0 Å². The molecule has 0 unspecified atom stereocenters. The number of nitrogens with one attached hydrogen (secondary N) is 3. The molecule has 7 N–H and O–H groups in total. The largest absolute Gasteiger partial charge is 0.393 e. The normalized spacial score (nSPS) is 18.2. The molecule has 4 radical (unpaired) electrons. The van der Waals surface area contributed by atoms with Gasteiger partial charge in [0.25, 0.3) is 11.8 Å². The Hall–Kier alpha value is -5.17. The summed E-state index contributed by atoms with van der Waals surface area (Å²) in [6, 6.07) is 13.2. The molecule has 1 aromatic heterocycles. The van der Waals surface area contributed by atoms with Crippen LogP contribution in [0.25, 0.3) is 11.1 Å². The maximum atomic E-state index is 13.0. The predicted octanol–water partition coefficient (Wildman–Crippen LogP) is 1.39. The Bertz CT molecular complexity index is 1960. The number of carbonyl (C=O) groups is 3. The first-order chi connectivity index (χ1) is 24.3. The van der Waals surface area contributed by atoms with Gasteiger partial charge in [-0.15, -0.1) is 0 Å². The third kappa shape index (κ3) is 6.82. The molecule has 4 aliphatic rings. The lowest BCUT2D eigenvalue weighted by atomic mass is 9.55. The second-order valence-electron chi connectivity index (χ2n) is 14.2. The Kier molecular flexibility index (Phi) is 8.86. The summed E-state index contributed by atoms with van der Waals surface area (Å²) in [7, 11) is 18.8. The number of hydrogen-bond acceptors (Lipinski definition) is 9. The average molecular weight is 684 g/mol. The number of amides is 3. The third-order valence-corrected chi connectivity index (χ3v) is 9.94. The lowest BCUT2D eigenvalue weighted by Crippen LogP contribution is -2.59. The molecule has 2 aliphatic heterocycles. The van der Waals surface area contributed by atoms with E-state index in [0.29, 0.717) is 36.4 Å². The van der Waals surface area contributed by atoms with Crippen molar-refractivity contribution in [3.63, 3.8) is 0 Å². The summed E-state index contributed by atoms with van der Waals surface area (Å²) in [4.78, 5) is 43.6. The first-order valence-corrected chi connectivity index (χ1v) is 17.2. The zero-order valence-electron chi connectivity index (χ0n) is 29.1. The summed E-state index contributed by atoms with van der Waals surface area (Å²) in [5, 5.41) is 12.6. The molecule has 2 saturated carbocycles. The van der Waals surface area contributed by atoms with Crippen molar-refractivity contribution in [2.45, 2.75) is 49.6 Å². The van der Waals surface area contributed by atoms with Crippen molar-refractivity contribution in [3.05, 3.63) is 88.8 Å². The van der Waals surface area contributed by atoms with E-state index in [2.05, 4.69) is 20.9 Å². The van der Waals surface area contributed by atoms with Gasteiger partial charge < -0.3 is 42.1 Å². The molecule has 0 atom stereocenters. The van der Waals surface area contributed by atoms with Gasteiger partial charge in [-0.2, -0.15) is 5.10 Å². The second-order valence-corrected chi connectivity index (χ2v) is 14.2. The van der Waals surface area contributed by atoms with Crippen molar-refractivity contribution in [2.24, 2.45) is 17.4 Å². The van der Waals surface area contributed by atoms with Gasteiger partial charge in [0.2, 0.25) is 5.91 Å². The van der Waals surface area contributed by atoms with Crippen LogP contribution < -0.4 is 32.3 Å². The number of rotatable bonds is 11. The highest BCUT2D eigenvalue weighted by Gasteiger charge is 2.41. The Morgan fingerprint density at radius 3 is 2.43 bits per heavy atom. The molecule has 3 amide bonds. The Labute approximate surface area is 300 Å². The van der Waals surface area contributed by atoms with Crippen molar-refractivity contribution in [1.82, 2.24) is 30.2 Å². The Balaban J connectivity index is 1.12. The highest BCUT2D eigenvalue weighted by molar-refractivity contribution is 6.39. The first kappa shape index (κ1) is 34.3. The van der Waals surface area contributed by atoms with Crippen molar-refractivity contribution in [1.29, 1.82) is 0 Å². The predicted molar refractivity (Wildman–Crippen MR) is 197 cm³/mol. The van der Waals surface area contributed by atoms with E-state index in [0.717, 1.165) is 48.2 Å². The SMILES string of the molecule is [B]C([B])(c1cccc(C(=O)N(C)C)c1)N1CC(n2ncc3c2CN(C)c2c(NC(/C=C(\N)NC(=O)C4CC4)=C(/N)C(=O)NC4CC4)cccc2-3)C1. The van der Waals surface area contributed by atoms with E-state index in [1.807, 2.05) is 47.1 Å². The number of nitrogens with two attached hydrogens (primary N) is 2. The van der Waals surface area contributed by atoms with Crippen molar-refractivity contribution < 1.29 is 14.4 Å². The van der Waals surface area contributed by atoms with Crippen molar-refractivity contribution in [2.75, 3.05) is 44.4 Å². The number of allylic oxidation sites excluding steroid dienone is 1. The van der Waals surface area contributed by atoms with Gasteiger partial charge in [-0.25, -0.2) is 0 Å². The van der Waals surface area contributed by atoms with Gasteiger partial charge in [-0.3, -0.25) is 19.1 Å². The van der Waals surface area contributed by atoms with E-state index in [1.165, 1.54) is 11.0 Å². The molecule has 2 aromatic carbocycles. The fraction of sp³-hybridized carbons (Fsp3) is 0.389. The van der Waals surface area contributed by atoms with Crippen molar-refractivity contribution >= 4 is 44.8 Å². The fourth-order valence-corrected chi connectivity index (χ4v) is 6.64. The molecule has 51 heavy (non-hydrogen) atoms. The molecule has 2 aliphatic carbocycles. The summed E-state index contributed by atoms with van der Waals surface area (Å²) >= 11 is 0. The van der Waals surface area contributed by atoms with Gasteiger partial charge >= 0.3 is 0 Å². The highest BCUT2D eigenvalue weighted by Crippen LogP contribution is 2.45. The number of fused-ring (bicyclic) bond motifs is 3. The van der Waals surface area contributed by atoms with Crippen molar-refractivity contribution in [3.8, 4) is 11.1 Å². The molecular formula is C36H42B2N10O3. The smallest absolute Gasteiger partial charge is 0.269 e. The molecule has 260 valence electrons. The molecule has 3 fully saturated rings. The molecule has 15 heteroatoms. The number of hydrogen-bond donors (Lipinski definition) is 5. The van der Waals surface area contributed by atoms with Gasteiger partial charge in [0.15, 0.2) is 0 Å². The van der Waals surface area contributed by atoms with Gasteiger partial charge in [-0.1, -0.05) is 24.3 Å². The summed E-state index contributed by atoms with van der Waals surface area (Å²) < 4.78 is 2.05. The molecule has 0 spiro atoms. The van der Waals surface area contributed by atoms with E-state index in [9.17, 15) is 14.4 Å². The highest BCUT2D eigenvalue weighted by atomic mass is 16.2. The molecule has 3 aromatic rings. The van der Waals surface area contributed by atoms with E-state index in [4.69, 9.17) is 32.3 Å². The zero-order valence-corrected chi connectivity index (χ0v) is 29.1. The number of anilines is 2. The quantitative estimate of drug-likeness (QED) is 0.114. The van der Waals surface area contributed by atoms with Crippen LogP contribution in [0.3, 0.4) is 0 Å². The fourth-order valence-electron chi connectivity index (χ4n) is 6.64. The second kappa shape index (κ2) is 13.2. The minimum atomic E-state index is -1.27. The Morgan fingerprint density at radius 1 is 1.02 bits per heavy atom. The molecule has 0 bridgehead atoms. The van der Waals surface area contributed by atoms with E-state index < -0.39 is 11.2 Å². The molecular weight excluding hydrogens is 642 g/mol. The zero-order chi connectivity index (χ0) is 36.2. The standard InChI is InChI=1S/C36H42B2N10O3/c1-45(2)35(51)21-6-4-7-22(14-21)36(37,38)47-17-24(18-47)48-29-19-46(3)32-25(26(29)16-41-48)8-5-9-27(32)43-28(31(40)34(50)42-23-12-13-23)15-30(39)44-33(49)20-10-11-20/h4-9,14-16,20,23-24,43H,10-13,17-19,39-40H2,1-3H3,(H,42,50)(H,44,49)/b30-15+,31-28+. The summed E-state index contributed by atoms with van der Waals surface area (Å²) in [5.41, 5.74) is 18.7. The van der Waals surface area contributed by atoms with Crippen LogP contribution >= 0.6 is 0 Å². The summed E-state index contributed by atoms with van der Waals surface area (Å²) in [6.07, 6.45) is 6.87. The summed E-state index contributed by atoms with van der Waals surface area (Å²) in [5.74, 6) is -0.600. The maximum Gasteiger partial charge on any atom is 0.269 e. The van der Waals surface area contributed by atoms with Gasteiger partial charge in [0.1, 0.15) is 11.5 Å².